The van der Waals surface area contributed by atoms with E-state index in [4.69, 9.17) is 11.6 Å². The third-order valence-corrected chi connectivity index (χ3v) is 5.29. The van der Waals surface area contributed by atoms with E-state index in [-0.39, 0.29) is 24.0 Å². The molecule has 3 rings (SSSR count). The Morgan fingerprint density at radius 3 is 2.68 bits per heavy atom. The molecule has 1 atom stereocenters. The number of hydrogen-bond donors (Lipinski definition) is 2. The molecule has 0 unspecified atom stereocenters. The second-order valence-electron chi connectivity index (χ2n) is 5.62. The van der Waals surface area contributed by atoms with Crippen LogP contribution >= 0.6 is 23.4 Å². The second kappa shape index (κ2) is 7.29. The lowest BCUT2D eigenvalue weighted by molar-refractivity contribution is -0.121. The van der Waals surface area contributed by atoms with Gasteiger partial charge in [0.25, 0.3) is 5.91 Å². The van der Waals surface area contributed by atoms with Crippen LogP contribution in [0, 0.1) is 6.92 Å². The van der Waals surface area contributed by atoms with Gasteiger partial charge in [0.05, 0.1) is 0 Å². The van der Waals surface area contributed by atoms with E-state index in [1.807, 2.05) is 13.0 Å². The van der Waals surface area contributed by atoms with Crippen LogP contribution in [0.15, 0.2) is 47.5 Å². The lowest BCUT2D eigenvalue weighted by Crippen LogP contribution is -2.21. The Kier molecular flexibility index (Phi) is 5.11. The first kappa shape index (κ1) is 17.5. The highest BCUT2D eigenvalue weighted by atomic mass is 35.5. The molecule has 128 valence electrons. The summed E-state index contributed by atoms with van der Waals surface area (Å²) in [6.07, 6.45) is 0.0279. The van der Waals surface area contributed by atoms with Crippen molar-refractivity contribution in [3.8, 4) is 5.75 Å². The van der Waals surface area contributed by atoms with Gasteiger partial charge in [-0.1, -0.05) is 29.4 Å². The number of benzene rings is 2. The summed E-state index contributed by atoms with van der Waals surface area (Å²) in [5, 5.41) is 12.6. The van der Waals surface area contributed by atoms with Crippen LogP contribution in [0.1, 0.15) is 17.5 Å². The smallest absolute Gasteiger partial charge is 0.260 e. The van der Waals surface area contributed by atoms with Crippen molar-refractivity contribution in [2.75, 3.05) is 5.32 Å². The SMILES string of the molecule is Cc1ccc(NC(=O)C[C@@H]2SC(c3ccc(O)cc3)=NC2=O)cc1Cl. The summed E-state index contributed by atoms with van der Waals surface area (Å²) in [6, 6.07) is 11.7. The molecule has 0 bridgehead atoms. The highest BCUT2D eigenvalue weighted by molar-refractivity contribution is 8.16. The molecule has 0 fully saturated rings. The molecule has 0 saturated heterocycles. The van der Waals surface area contributed by atoms with Crippen molar-refractivity contribution in [2.45, 2.75) is 18.6 Å². The highest BCUT2D eigenvalue weighted by Gasteiger charge is 2.31. The van der Waals surface area contributed by atoms with E-state index in [1.54, 1.807) is 24.3 Å². The standard InChI is InChI=1S/C18H15ClN2O3S/c1-10-2-5-12(8-14(10)19)20-16(23)9-15-17(24)21-18(25-15)11-3-6-13(22)7-4-11/h2-8,15,22H,9H2,1H3,(H,20,23)/t15-/m0/s1. The fourth-order valence-corrected chi connectivity index (χ4v) is 3.55. The predicted molar refractivity (Wildman–Crippen MR) is 100 cm³/mol. The number of phenolic OH excluding ortho intramolecular Hbond substituents is 1. The van der Waals surface area contributed by atoms with E-state index in [0.717, 1.165) is 11.1 Å². The number of aliphatic imine (C=N–C) groups is 1. The first-order valence-electron chi connectivity index (χ1n) is 7.57. The summed E-state index contributed by atoms with van der Waals surface area (Å²) in [5.41, 5.74) is 2.26. The zero-order valence-corrected chi connectivity index (χ0v) is 14.9. The number of phenols is 1. The quantitative estimate of drug-likeness (QED) is 0.853. The Bertz CT molecular complexity index is 865. The van der Waals surface area contributed by atoms with E-state index in [2.05, 4.69) is 10.3 Å². The van der Waals surface area contributed by atoms with Gasteiger partial charge < -0.3 is 10.4 Å². The topological polar surface area (TPSA) is 78.8 Å². The van der Waals surface area contributed by atoms with Crippen molar-refractivity contribution < 1.29 is 14.7 Å². The number of anilines is 1. The molecular formula is C18H15ClN2O3S. The molecule has 1 aliphatic rings. The average Bonchev–Trinajstić information content (AvgIpc) is 2.92. The fraction of sp³-hybridized carbons (Fsp3) is 0.167. The Morgan fingerprint density at radius 2 is 2.00 bits per heavy atom. The number of aromatic hydroxyl groups is 1. The van der Waals surface area contributed by atoms with Gasteiger partial charge in [0, 0.05) is 22.7 Å². The average molecular weight is 375 g/mol. The van der Waals surface area contributed by atoms with E-state index in [9.17, 15) is 14.7 Å². The third kappa shape index (κ3) is 4.21. The zero-order valence-electron chi connectivity index (χ0n) is 13.3. The molecule has 25 heavy (non-hydrogen) atoms. The summed E-state index contributed by atoms with van der Waals surface area (Å²) < 4.78 is 0. The molecule has 5 nitrogen and oxygen atoms in total. The minimum absolute atomic E-state index is 0.0279. The minimum atomic E-state index is -0.551. The molecule has 2 aromatic rings. The minimum Gasteiger partial charge on any atom is -0.508 e. The molecule has 1 heterocycles. The van der Waals surface area contributed by atoms with Gasteiger partial charge in [-0.15, -0.1) is 0 Å². The lowest BCUT2D eigenvalue weighted by atomic mass is 10.2. The first-order valence-corrected chi connectivity index (χ1v) is 8.83. The number of nitrogens with zero attached hydrogens (tertiary/aromatic N) is 1. The maximum Gasteiger partial charge on any atom is 0.260 e. The van der Waals surface area contributed by atoms with Crippen LogP contribution in [0.25, 0.3) is 0 Å². The third-order valence-electron chi connectivity index (χ3n) is 3.68. The molecule has 2 N–H and O–H groups in total. The fourth-order valence-electron chi connectivity index (χ4n) is 2.30. The molecule has 2 aromatic carbocycles. The summed E-state index contributed by atoms with van der Waals surface area (Å²) in [7, 11) is 0. The van der Waals surface area contributed by atoms with Gasteiger partial charge in [-0.05, 0) is 48.9 Å². The Hall–Kier alpha value is -2.31. The molecule has 7 heteroatoms. The van der Waals surface area contributed by atoms with Crippen LogP contribution in [0.2, 0.25) is 5.02 Å². The van der Waals surface area contributed by atoms with Crippen LogP contribution < -0.4 is 5.32 Å². The maximum atomic E-state index is 12.2. The van der Waals surface area contributed by atoms with Crippen LogP contribution in [-0.4, -0.2) is 27.2 Å². The van der Waals surface area contributed by atoms with Crippen LogP contribution in [0.5, 0.6) is 5.75 Å². The van der Waals surface area contributed by atoms with Gasteiger partial charge in [0.1, 0.15) is 16.0 Å². The maximum absolute atomic E-state index is 12.2. The number of carbonyl (C=O) groups is 2. The van der Waals surface area contributed by atoms with Crippen LogP contribution in [-0.2, 0) is 9.59 Å². The molecule has 1 aliphatic heterocycles. The van der Waals surface area contributed by atoms with E-state index in [0.29, 0.717) is 15.8 Å². The lowest BCUT2D eigenvalue weighted by Gasteiger charge is -2.09. The van der Waals surface area contributed by atoms with Crippen molar-refractivity contribution in [1.29, 1.82) is 0 Å². The second-order valence-corrected chi connectivity index (χ2v) is 7.22. The zero-order chi connectivity index (χ0) is 18.0. The van der Waals surface area contributed by atoms with Gasteiger partial charge in [-0.3, -0.25) is 9.59 Å². The number of carbonyl (C=O) groups excluding carboxylic acids is 2. The number of hydrogen-bond acceptors (Lipinski definition) is 4. The molecule has 2 amide bonds. The first-order chi connectivity index (χ1) is 11.9. The Balaban J connectivity index is 1.62. The van der Waals surface area contributed by atoms with Crippen LogP contribution in [0.4, 0.5) is 5.69 Å². The Labute approximate surface area is 154 Å². The molecular weight excluding hydrogens is 360 g/mol. The summed E-state index contributed by atoms with van der Waals surface area (Å²) >= 11 is 7.30. The van der Waals surface area contributed by atoms with Gasteiger partial charge in [0.2, 0.25) is 5.91 Å². The van der Waals surface area contributed by atoms with E-state index >= 15 is 0 Å². The van der Waals surface area contributed by atoms with E-state index < -0.39 is 5.25 Å². The molecule has 0 radical (unpaired) electrons. The van der Waals surface area contributed by atoms with Gasteiger partial charge >= 0.3 is 0 Å². The van der Waals surface area contributed by atoms with Crippen molar-refractivity contribution in [2.24, 2.45) is 4.99 Å². The summed E-state index contributed by atoms with van der Waals surface area (Å²) in [5.74, 6) is -0.454. The molecule has 0 spiro atoms. The number of aryl methyl sites for hydroxylation is 1. The number of rotatable bonds is 4. The number of halogens is 1. The predicted octanol–water partition coefficient (Wildman–Crippen LogP) is 3.77. The van der Waals surface area contributed by atoms with Gasteiger partial charge in [-0.25, -0.2) is 4.99 Å². The number of amides is 2. The van der Waals surface area contributed by atoms with Gasteiger partial charge in [-0.2, -0.15) is 0 Å². The largest absolute Gasteiger partial charge is 0.508 e. The van der Waals surface area contributed by atoms with Crippen molar-refractivity contribution in [3.05, 3.63) is 58.6 Å². The van der Waals surface area contributed by atoms with E-state index in [1.165, 1.54) is 23.9 Å². The summed E-state index contributed by atoms with van der Waals surface area (Å²) in [6.45, 7) is 1.88. The monoisotopic (exact) mass is 374 g/mol. The molecule has 0 saturated carbocycles. The van der Waals surface area contributed by atoms with Crippen molar-refractivity contribution >= 4 is 45.9 Å². The molecule has 0 aliphatic carbocycles. The van der Waals surface area contributed by atoms with Crippen molar-refractivity contribution in [1.82, 2.24) is 0 Å². The highest BCUT2D eigenvalue weighted by Crippen LogP contribution is 2.30. The van der Waals surface area contributed by atoms with Crippen molar-refractivity contribution in [3.63, 3.8) is 0 Å². The Morgan fingerprint density at radius 1 is 1.28 bits per heavy atom. The number of nitrogens with one attached hydrogen (secondary N) is 1. The van der Waals surface area contributed by atoms with Crippen LogP contribution in [0.3, 0.4) is 0 Å². The normalized spacial score (nSPS) is 16.6. The summed E-state index contributed by atoms with van der Waals surface area (Å²) in [4.78, 5) is 28.3. The molecule has 0 aromatic heterocycles. The number of thioether (sulfide) groups is 1. The van der Waals surface area contributed by atoms with Gasteiger partial charge in [0.15, 0.2) is 0 Å².